The molecule has 3 amide bonds. The van der Waals surface area contributed by atoms with Gasteiger partial charge in [-0.15, -0.1) is 0 Å². The van der Waals surface area contributed by atoms with Gasteiger partial charge in [-0.05, 0) is 52.0 Å². The zero-order chi connectivity index (χ0) is 26.6. The summed E-state index contributed by atoms with van der Waals surface area (Å²) in [5.74, 6) is -3.87. The van der Waals surface area contributed by atoms with E-state index in [4.69, 9.17) is 16.3 Å². The fourth-order valence-electron chi connectivity index (χ4n) is 2.91. The number of aromatic amines is 1. The number of nitrogens with zero attached hydrogens (tertiary/aromatic N) is 2. The summed E-state index contributed by atoms with van der Waals surface area (Å²) in [7, 11) is 0. The normalized spacial score (nSPS) is 12.0. The molecule has 0 aliphatic heterocycles. The first-order valence-electron chi connectivity index (χ1n) is 10.6. The van der Waals surface area contributed by atoms with Crippen LogP contribution in [0.2, 0.25) is 5.02 Å². The minimum absolute atomic E-state index is 0.0107. The Bertz CT molecular complexity index is 1310. The summed E-state index contributed by atoms with van der Waals surface area (Å²) in [5, 5.41) is 13.7. The van der Waals surface area contributed by atoms with Crippen LogP contribution in [0.15, 0.2) is 36.5 Å². The van der Waals surface area contributed by atoms with Crippen LogP contribution in [0, 0.1) is 11.6 Å². The fraction of sp³-hybridized carbons (Fsp3) is 0.261. The van der Waals surface area contributed by atoms with Gasteiger partial charge in [0.15, 0.2) is 17.5 Å². The summed E-state index contributed by atoms with van der Waals surface area (Å²) < 4.78 is 31.9. The molecule has 0 saturated heterocycles. The lowest BCUT2D eigenvalue weighted by Gasteiger charge is -2.20. The molecule has 10 nitrogen and oxygen atoms in total. The molecule has 36 heavy (non-hydrogen) atoms. The van der Waals surface area contributed by atoms with Gasteiger partial charge in [0.2, 0.25) is 0 Å². The van der Waals surface area contributed by atoms with Gasteiger partial charge in [-0.2, -0.15) is 5.10 Å². The molecule has 13 heteroatoms. The molecule has 1 aromatic carbocycles. The molecule has 2 heterocycles. The number of pyridine rings is 1. The van der Waals surface area contributed by atoms with E-state index in [1.54, 1.807) is 39.8 Å². The smallest absolute Gasteiger partial charge is 0.412 e. The number of carbonyl (C=O) groups excluding carboxylic acids is 3. The molecule has 0 saturated carbocycles. The van der Waals surface area contributed by atoms with Crippen LogP contribution in [0.1, 0.15) is 60.3 Å². The summed E-state index contributed by atoms with van der Waals surface area (Å²) in [6, 6.07) is 5.18. The Kier molecular flexibility index (Phi) is 7.88. The number of hydrogen-bond acceptors (Lipinski definition) is 6. The first-order chi connectivity index (χ1) is 16.8. The molecule has 3 aromatic rings. The molecule has 0 aliphatic carbocycles. The quantitative estimate of drug-likeness (QED) is 0.343. The summed E-state index contributed by atoms with van der Waals surface area (Å²) in [4.78, 5) is 41.2. The SMILES string of the molecule is CC(NC(=O)c1cc(NC(=O)c2cc(F)c(F)cc2Cl)n[nH]1)c1cc(NC(=O)OC(C)(C)C)ccn1. The summed E-state index contributed by atoms with van der Waals surface area (Å²) >= 11 is 5.80. The second-order valence-electron chi connectivity index (χ2n) is 8.66. The average Bonchev–Trinajstić information content (AvgIpc) is 3.23. The zero-order valence-electron chi connectivity index (χ0n) is 19.7. The molecular formula is C23H23ClF2N6O4. The van der Waals surface area contributed by atoms with E-state index in [2.05, 4.69) is 31.1 Å². The van der Waals surface area contributed by atoms with Gasteiger partial charge >= 0.3 is 6.09 Å². The van der Waals surface area contributed by atoms with E-state index < -0.39 is 41.2 Å². The molecule has 0 radical (unpaired) electrons. The number of ether oxygens (including phenoxy) is 1. The van der Waals surface area contributed by atoms with Crippen LogP contribution >= 0.6 is 11.6 Å². The van der Waals surface area contributed by atoms with Crippen molar-refractivity contribution in [3.63, 3.8) is 0 Å². The average molecular weight is 521 g/mol. The van der Waals surface area contributed by atoms with E-state index in [9.17, 15) is 23.2 Å². The van der Waals surface area contributed by atoms with E-state index in [1.807, 2.05) is 0 Å². The molecule has 190 valence electrons. The van der Waals surface area contributed by atoms with Crippen LogP contribution < -0.4 is 16.0 Å². The third-order valence-electron chi connectivity index (χ3n) is 4.54. The van der Waals surface area contributed by atoms with Crippen LogP contribution in [-0.2, 0) is 4.74 Å². The highest BCUT2D eigenvalue weighted by Gasteiger charge is 2.20. The van der Waals surface area contributed by atoms with Crippen molar-refractivity contribution in [2.75, 3.05) is 10.6 Å². The van der Waals surface area contributed by atoms with E-state index >= 15 is 0 Å². The Morgan fingerprint density at radius 2 is 1.75 bits per heavy atom. The summed E-state index contributed by atoms with van der Waals surface area (Å²) in [6.45, 7) is 6.91. The van der Waals surface area contributed by atoms with Crippen LogP contribution in [0.5, 0.6) is 0 Å². The van der Waals surface area contributed by atoms with Gasteiger partial charge in [0, 0.05) is 18.0 Å². The Hall–Kier alpha value is -4.06. The Morgan fingerprint density at radius 3 is 2.44 bits per heavy atom. The second kappa shape index (κ2) is 10.7. The summed E-state index contributed by atoms with van der Waals surface area (Å²) in [6.07, 6.45) is 0.839. The molecular weight excluding hydrogens is 498 g/mol. The predicted octanol–water partition coefficient (Wildman–Crippen LogP) is 4.83. The lowest BCUT2D eigenvalue weighted by molar-refractivity contribution is 0.0635. The number of rotatable bonds is 6. The van der Waals surface area contributed by atoms with Gasteiger partial charge in [-0.25, -0.2) is 13.6 Å². The van der Waals surface area contributed by atoms with Gasteiger partial charge < -0.3 is 15.4 Å². The number of H-pyrrole nitrogens is 1. The van der Waals surface area contributed by atoms with Crippen molar-refractivity contribution in [3.8, 4) is 0 Å². The van der Waals surface area contributed by atoms with E-state index in [1.165, 1.54) is 12.3 Å². The number of aromatic nitrogens is 3. The highest BCUT2D eigenvalue weighted by molar-refractivity contribution is 6.34. The molecule has 4 N–H and O–H groups in total. The van der Waals surface area contributed by atoms with E-state index in [0.717, 1.165) is 0 Å². The molecule has 1 atom stereocenters. The maximum Gasteiger partial charge on any atom is 0.412 e. The first kappa shape index (κ1) is 26.5. The maximum absolute atomic E-state index is 13.5. The number of carbonyl (C=O) groups is 3. The molecule has 3 rings (SSSR count). The Labute approximate surface area is 209 Å². The van der Waals surface area contributed by atoms with Crippen molar-refractivity contribution in [3.05, 3.63) is 70.1 Å². The van der Waals surface area contributed by atoms with Gasteiger partial charge in [0.05, 0.1) is 22.3 Å². The van der Waals surface area contributed by atoms with Crippen LogP contribution in [0.4, 0.5) is 25.1 Å². The molecule has 0 bridgehead atoms. The van der Waals surface area contributed by atoms with Crippen molar-refractivity contribution in [2.24, 2.45) is 0 Å². The minimum atomic E-state index is -1.24. The Balaban J connectivity index is 1.63. The number of halogens is 3. The molecule has 1 unspecified atom stereocenters. The fourth-order valence-corrected chi connectivity index (χ4v) is 3.15. The standard InChI is InChI=1S/C23H23ClF2N6O4/c1-11(17-7-12(5-6-27-17)29-22(35)36-23(2,3)4)28-21(34)18-10-19(32-31-18)30-20(33)13-8-15(25)16(26)9-14(13)24/h5-11H,1-4H3,(H,28,34)(H,27,29,35)(H2,30,31,32,33). The van der Waals surface area contributed by atoms with E-state index in [-0.39, 0.29) is 22.1 Å². The van der Waals surface area contributed by atoms with Crippen molar-refractivity contribution in [1.29, 1.82) is 0 Å². The van der Waals surface area contributed by atoms with Gasteiger partial charge in [-0.1, -0.05) is 11.6 Å². The van der Waals surface area contributed by atoms with Crippen LogP contribution in [0.3, 0.4) is 0 Å². The largest absolute Gasteiger partial charge is 0.444 e. The van der Waals surface area contributed by atoms with Crippen molar-refractivity contribution in [2.45, 2.75) is 39.3 Å². The molecule has 0 fully saturated rings. The lowest BCUT2D eigenvalue weighted by Crippen LogP contribution is -2.28. The minimum Gasteiger partial charge on any atom is -0.444 e. The van der Waals surface area contributed by atoms with Crippen LogP contribution in [-0.4, -0.2) is 38.7 Å². The highest BCUT2D eigenvalue weighted by atomic mass is 35.5. The number of benzene rings is 1. The number of anilines is 2. The first-order valence-corrected chi connectivity index (χ1v) is 11.0. The monoisotopic (exact) mass is 520 g/mol. The highest BCUT2D eigenvalue weighted by Crippen LogP contribution is 2.22. The van der Waals surface area contributed by atoms with Crippen molar-refractivity contribution >= 4 is 41.0 Å². The molecule has 0 spiro atoms. The molecule has 2 aromatic heterocycles. The number of amides is 3. The zero-order valence-corrected chi connectivity index (χ0v) is 20.5. The second-order valence-corrected chi connectivity index (χ2v) is 9.07. The van der Waals surface area contributed by atoms with Crippen LogP contribution in [0.25, 0.3) is 0 Å². The number of nitrogens with one attached hydrogen (secondary N) is 4. The Morgan fingerprint density at radius 1 is 1.06 bits per heavy atom. The van der Waals surface area contributed by atoms with E-state index in [0.29, 0.717) is 23.5 Å². The third-order valence-corrected chi connectivity index (χ3v) is 4.85. The lowest BCUT2D eigenvalue weighted by atomic mass is 10.2. The van der Waals surface area contributed by atoms with Gasteiger partial charge in [0.1, 0.15) is 11.3 Å². The topological polar surface area (TPSA) is 138 Å². The molecule has 0 aliphatic rings. The van der Waals surface area contributed by atoms with Gasteiger partial charge in [0.25, 0.3) is 11.8 Å². The maximum atomic E-state index is 13.5. The summed E-state index contributed by atoms with van der Waals surface area (Å²) in [5.41, 5.74) is -0.0677. The van der Waals surface area contributed by atoms with Crippen molar-refractivity contribution in [1.82, 2.24) is 20.5 Å². The predicted molar refractivity (Wildman–Crippen MR) is 128 cm³/mol. The van der Waals surface area contributed by atoms with Gasteiger partial charge in [-0.3, -0.25) is 25.0 Å². The number of hydrogen-bond donors (Lipinski definition) is 4. The van der Waals surface area contributed by atoms with Crippen molar-refractivity contribution < 1.29 is 27.9 Å². The third kappa shape index (κ3) is 6.98.